The van der Waals surface area contributed by atoms with Gasteiger partial charge in [-0.2, -0.15) is 0 Å². The summed E-state index contributed by atoms with van der Waals surface area (Å²) >= 11 is 4.45. The van der Waals surface area contributed by atoms with Crippen molar-refractivity contribution in [2.75, 3.05) is 13.3 Å². The Hall–Kier alpha value is -1.12. The summed E-state index contributed by atoms with van der Waals surface area (Å²) in [4.78, 5) is 5.00. The van der Waals surface area contributed by atoms with Crippen LogP contribution in [0.2, 0.25) is 5.02 Å². The van der Waals surface area contributed by atoms with Crippen molar-refractivity contribution in [3.05, 3.63) is 47.1 Å². The zero-order chi connectivity index (χ0) is 19.0. The zero-order valence-corrected chi connectivity index (χ0v) is 17.2. The number of hydrogen-bond donors (Lipinski definition) is 0. The number of hydrogen-bond acceptors (Lipinski definition) is 4. The molecule has 1 aromatic carbocycles. The van der Waals surface area contributed by atoms with Crippen LogP contribution in [0.25, 0.3) is 11.3 Å². The van der Waals surface area contributed by atoms with Gasteiger partial charge in [0.05, 0.1) is 35.4 Å². The molecule has 1 heterocycles. The highest BCUT2D eigenvalue weighted by Gasteiger charge is 2.28. The predicted octanol–water partition coefficient (Wildman–Crippen LogP) is 3.61. The van der Waals surface area contributed by atoms with Gasteiger partial charge in [0.1, 0.15) is 0 Å². The van der Waals surface area contributed by atoms with Gasteiger partial charge >= 0.3 is 0 Å². The molecule has 0 aliphatic carbocycles. The first kappa shape index (κ1) is 20.2. The van der Waals surface area contributed by atoms with Crippen LogP contribution in [0.4, 0.5) is 0 Å². The summed E-state index contributed by atoms with van der Waals surface area (Å²) in [5, 5.41) is 0.460. The molecule has 1 atom stereocenters. The molecule has 1 unspecified atom stereocenters. The van der Waals surface area contributed by atoms with E-state index in [0.29, 0.717) is 21.2 Å². The number of aromatic nitrogens is 1. The summed E-state index contributed by atoms with van der Waals surface area (Å²) in [5.74, 6) is 0. The van der Waals surface area contributed by atoms with Crippen LogP contribution >= 0.6 is 11.6 Å². The molecule has 2 aromatic rings. The van der Waals surface area contributed by atoms with Gasteiger partial charge in [-0.25, -0.2) is 8.42 Å². The van der Waals surface area contributed by atoms with Gasteiger partial charge < -0.3 is 4.55 Å². The molecule has 0 amide bonds. The summed E-state index contributed by atoms with van der Waals surface area (Å²) in [5.41, 5.74) is 2.04. The smallest absolute Gasteiger partial charge is 0.250 e. The average Bonchev–Trinajstić information content (AvgIpc) is 2.52. The summed E-state index contributed by atoms with van der Waals surface area (Å²) in [7, 11) is -2.30. The highest BCUT2D eigenvalue weighted by Crippen LogP contribution is 2.32. The normalized spacial score (nSPS) is 13.9. The average molecular weight is 401 g/mol. The maximum absolute atomic E-state index is 12.5. The molecule has 0 bridgehead atoms. The van der Waals surface area contributed by atoms with Crippen molar-refractivity contribution < 1.29 is 13.0 Å². The van der Waals surface area contributed by atoms with E-state index in [0.717, 1.165) is 15.7 Å². The summed E-state index contributed by atoms with van der Waals surface area (Å²) in [6.07, 6.45) is 1.01. The van der Waals surface area contributed by atoms with Crippen molar-refractivity contribution in [2.24, 2.45) is 0 Å². The van der Waals surface area contributed by atoms with Crippen molar-refractivity contribution in [1.29, 1.82) is 0 Å². The fraction of sp³-hybridized carbons (Fsp3) is 0.353. The van der Waals surface area contributed by atoms with Gasteiger partial charge in [0.25, 0.3) is 0 Å². The van der Waals surface area contributed by atoms with Crippen LogP contribution in [0.3, 0.4) is 0 Å². The molecule has 0 N–H and O–H groups in total. The topological polar surface area (TPSA) is 73.3 Å². The minimum atomic E-state index is -3.58. The summed E-state index contributed by atoms with van der Waals surface area (Å²) in [6, 6.07) is 10.4. The quantitative estimate of drug-likeness (QED) is 0.735. The molecule has 0 saturated heterocycles. The maximum Gasteiger partial charge on any atom is 0.250 e. The minimum Gasteiger partial charge on any atom is -0.592 e. The van der Waals surface area contributed by atoms with Gasteiger partial charge in [-0.3, -0.25) is 4.98 Å². The number of benzene rings is 1. The van der Waals surface area contributed by atoms with Crippen LogP contribution in [0.1, 0.15) is 26.5 Å². The fourth-order valence-electron chi connectivity index (χ4n) is 2.08. The van der Waals surface area contributed by atoms with Crippen LogP contribution in [0.5, 0.6) is 0 Å². The molecular formula is C17H21ClN2O3S2. The molecule has 0 radical (unpaired) electrons. The van der Waals surface area contributed by atoms with Crippen molar-refractivity contribution in [2.45, 2.75) is 31.1 Å². The second-order valence-corrected chi connectivity index (χ2v) is 10.9. The Morgan fingerprint density at radius 2 is 1.84 bits per heavy atom. The lowest BCUT2D eigenvalue weighted by Gasteiger charge is -2.20. The first-order chi connectivity index (χ1) is 11.4. The number of rotatable bonds is 4. The van der Waals surface area contributed by atoms with Gasteiger partial charge in [0.2, 0.25) is 10.0 Å². The number of pyridine rings is 1. The zero-order valence-electron chi connectivity index (χ0n) is 14.8. The van der Waals surface area contributed by atoms with Gasteiger partial charge in [0.15, 0.2) is 4.90 Å². The van der Waals surface area contributed by atoms with E-state index in [9.17, 15) is 13.0 Å². The van der Waals surface area contributed by atoms with E-state index in [1.807, 2.05) is 18.2 Å². The maximum atomic E-state index is 12.5. The van der Waals surface area contributed by atoms with Crippen molar-refractivity contribution in [1.82, 2.24) is 8.69 Å². The highest BCUT2D eigenvalue weighted by molar-refractivity contribution is 8.03. The molecule has 1 aromatic heterocycles. The SMILES string of the molecule is CN([S+]([O-])c1ccc(Cl)c(-c2cccc(C(C)(C)C)n2)c1)S(C)(=O)=O. The van der Waals surface area contributed by atoms with Crippen molar-refractivity contribution in [3.63, 3.8) is 0 Å². The molecule has 25 heavy (non-hydrogen) atoms. The lowest BCUT2D eigenvalue weighted by atomic mass is 9.91. The first-order valence-electron chi connectivity index (χ1n) is 7.54. The Labute approximate surface area is 157 Å². The van der Waals surface area contributed by atoms with Gasteiger partial charge in [-0.05, 0) is 28.0 Å². The number of sulfonamides is 1. The molecule has 5 nitrogen and oxygen atoms in total. The van der Waals surface area contributed by atoms with Crippen molar-refractivity contribution in [3.8, 4) is 11.3 Å². The molecule has 8 heteroatoms. The van der Waals surface area contributed by atoms with Gasteiger partial charge in [0, 0.05) is 22.7 Å². The molecule has 0 aliphatic heterocycles. The molecule has 2 rings (SSSR count). The van der Waals surface area contributed by atoms with Gasteiger partial charge in [-0.15, -0.1) is 0 Å². The lowest BCUT2D eigenvalue weighted by molar-refractivity contribution is 0.529. The third-order valence-electron chi connectivity index (χ3n) is 3.63. The standard InChI is InChI=1S/C17H21ClN2O3S2/c1-17(2,3)16-8-6-7-15(19-16)13-11-12(9-10-14(13)18)24(21)20(4)25(5,22)23/h6-11H,1-5H3. The molecule has 0 saturated carbocycles. The molecule has 0 aliphatic rings. The Morgan fingerprint density at radius 3 is 2.40 bits per heavy atom. The molecule has 0 spiro atoms. The molecule has 136 valence electrons. The van der Waals surface area contributed by atoms with Crippen LogP contribution in [0.15, 0.2) is 41.3 Å². The van der Waals surface area contributed by atoms with E-state index in [-0.39, 0.29) is 5.41 Å². The lowest BCUT2D eigenvalue weighted by Crippen LogP contribution is -2.32. The first-order valence-corrected chi connectivity index (χ1v) is 10.9. The number of nitrogens with zero attached hydrogens (tertiary/aromatic N) is 2. The minimum absolute atomic E-state index is 0.126. The highest BCUT2D eigenvalue weighted by atomic mass is 35.5. The molecular weight excluding hydrogens is 380 g/mol. The van der Waals surface area contributed by atoms with E-state index in [1.54, 1.807) is 18.2 Å². The third kappa shape index (κ3) is 4.74. The van der Waals surface area contributed by atoms with Crippen LogP contribution in [-0.4, -0.2) is 35.0 Å². The third-order valence-corrected chi connectivity index (χ3v) is 7.24. The second kappa shape index (κ2) is 7.25. The van der Waals surface area contributed by atoms with E-state index >= 15 is 0 Å². The summed E-state index contributed by atoms with van der Waals surface area (Å²) < 4.78 is 36.6. The predicted molar refractivity (Wildman–Crippen MR) is 102 cm³/mol. The van der Waals surface area contributed by atoms with Crippen molar-refractivity contribution >= 4 is 33.0 Å². The Bertz CT molecular complexity index is 880. The Kier molecular flexibility index (Phi) is 5.85. The second-order valence-electron chi connectivity index (χ2n) is 6.72. The van der Waals surface area contributed by atoms with Gasteiger partial charge in [-0.1, -0.05) is 38.4 Å². The number of halogens is 1. The van der Waals surface area contributed by atoms with Crippen LogP contribution < -0.4 is 0 Å². The van der Waals surface area contributed by atoms with E-state index in [4.69, 9.17) is 11.6 Å². The van der Waals surface area contributed by atoms with E-state index < -0.39 is 21.4 Å². The van der Waals surface area contributed by atoms with E-state index in [1.165, 1.54) is 7.05 Å². The monoisotopic (exact) mass is 400 g/mol. The molecule has 0 fully saturated rings. The largest absolute Gasteiger partial charge is 0.592 e. The Balaban J connectivity index is 2.51. The van der Waals surface area contributed by atoms with Crippen LogP contribution in [0, 0.1) is 0 Å². The fourth-order valence-corrected chi connectivity index (χ4v) is 4.24. The summed E-state index contributed by atoms with van der Waals surface area (Å²) in [6.45, 7) is 6.19. The Morgan fingerprint density at radius 1 is 1.20 bits per heavy atom. The van der Waals surface area contributed by atoms with E-state index in [2.05, 4.69) is 25.8 Å². The van der Waals surface area contributed by atoms with Crippen LogP contribution in [-0.2, 0) is 26.8 Å².